The molecule has 2 aliphatic carbocycles. The molecule has 2 aliphatic heterocycles. The van der Waals surface area contributed by atoms with Crippen molar-refractivity contribution in [2.24, 2.45) is 0 Å². The van der Waals surface area contributed by atoms with Crippen LogP contribution < -0.4 is 30.9 Å². The fourth-order valence-electron chi connectivity index (χ4n) is 7.41. The van der Waals surface area contributed by atoms with E-state index in [0.717, 1.165) is 91.1 Å². The number of hydrogen-bond donors (Lipinski definition) is 0. The molecule has 0 unspecified atom stereocenters. The summed E-state index contributed by atoms with van der Waals surface area (Å²) in [5.41, 5.74) is -0.0438. The van der Waals surface area contributed by atoms with E-state index in [0.29, 0.717) is 22.4 Å². The molecule has 55 heavy (non-hydrogen) atoms. The third-order valence-electron chi connectivity index (χ3n) is 10.8. The van der Waals surface area contributed by atoms with Gasteiger partial charge in [0.1, 0.15) is 11.6 Å². The Hall–Kier alpha value is -4.21. The van der Waals surface area contributed by atoms with Gasteiger partial charge in [-0.05, 0) is 63.0 Å². The van der Waals surface area contributed by atoms with Crippen LogP contribution >= 0.6 is 0 Å². The van der Waals surface area contributed by atoms with Crippen molar-refractivity contribution >= 4 is 45.1 Å². The second-order valence-corrected chi connectivity index (χ2v) is 14.1. The van der Waals surface area contributed by atoms with Crippen LogP contribution in [-0.4, -0.2) is 96.3 Å². The zero-order valence-corrected chi connectivity index (χ0v) is 32.6. The normalized spacial score (nSPS) is 17.5. The van der Waals surface area contributed by atoms with E-state index in [4.69, 9.17) is 0 Å². The molecule has 4 aliphatic rings. The van der Waals surface area contributed by atoms with Crippen molar-refractivity contribution in [3.8, 4) is 0 Å². The monoisotopic (exact) mass is 846 g/mol. The number of piperazine rings is 2. The summed E-state index contributed by atoms with van der Waals surface area (Å²) in [5.74, 6) is -4.02. The minimum Gasteiger partial charge on any atom is -2.00 e. The van der Waals surface area contributed by atoms with Crippen molar-refractivity contribution in [3.05, 3.63) is 79.9 Å². The number of aromatic nitrogens is 2. The average Bonchev–Trinajstić information content (AvgIpc) is 4.07. The largest absolute Gasteiger partial charge is 2.00 e. The molecule has 8 rings (SSSR count). The number of pyridine rings is 2. The van der Waals surface area contributed by atoms with Gasteiger partial charge in [-0.2, -0.15) is 0 Å². The molecule has 4 fully saturated rings. The number of carboxylic acids is 2. The summed E-state index contributed by atoms with van der Waals surface area (Å²) in [6, 6.07) is 6.09. The molecule has 0 spiro atoms. The molecule has 0 bridgehead atoms. The van der Waals surface area contributed by atoms with E-state index in [-0.39, 0.29) is 54.9 Å². The van der Waals surface area contributed by atoms with Crippen molar-refractivity contribution in [3.63, 3.8) is 0 Å². The van der Waals surface area contributed by atoms with Crippen LogP contribution in [-0.2, 0) is 32.0 Å². The maximum atomic E-state index is 14.8. The van der Waals surface area contributed by atoms with E-state index < -0.39 is 45.6 Å². The quantitative estimate of drug-likeness (QED) is 0.236. The van der Waals surface area contributed by atoms with Gasteiger partial charge in [0.15, 0.2) is 10.9 Å². The van der Waals surface area contributed by atoms with Crippen LogP contribution in [0.1, 0.15) is 72.3 Å². The number of nitrogens with zero attached hydrogens (tertiary/aromatic N) is 6. The number of likely N-dealkylation sites (N-methyl/N-ethyl adjacent to an activating group) is 2. The molecule has 2 saturated heterocycles. The number of carbonyl (C=O) groups excluding carboxylic acids is 2. The maximum Gasteiger partial charge on any atom is 0.198 e. The summed E-state index contributed by atoms with van der Waals surface area (Å²) in [7, 11) is 0. The number of aromatic carboxylic acids is 2. The Balaban J connectivity index is 0.000000232. The van der Waals surface area contributed by atoms with Crippen molar-refractivity contribution in [2.45, 2.75) is 51.6 Å². The summed E-state index contributed by atoms with van der Waals surface area (Å²) < 4.78 is 33.2. The van der Waals surface area contributed by atoms with Gasteiger partial charge in [0.05, 0.1) is 45.5 Å². The van der Waals surface area contributed by atoms with Crippen molar-refractivity contribution < 1.29 is 60.6 Å². The molecule has 0 atom stereocenters. The van der Waals surface area contributed by atoms with Gasteiger partial charge >= 0.3 is 0 Å². The number of fused-ring (bicyclic) bond motifs is 2. The van der Waals surface area contributed by atoms with Gasteiger partial charge in [-0.1, -0.05) is 13.8 Å². The fourth-order valence-corrected chi connectivity index (χ4v) is 7.41. The van der Waals surface area contributed by atoms with E-state index >= 15 is 0 Å². The Bertz CT molecular complexity index is 2020. The van der Waals surface area contributed by atoms with Crippen molar-refractivity contribution in [1.82, 2.24) is 18.9 Å². The van der Waals surface area contributed by atoms with Gasteiger partial charge in [0, 0.05) is 109 Å². The molecule has 2 aromatic carbocycles. The van der Waals surface area contributed by atoms with E-state index in [9.17, 15) is 38.2 Å². The van der Waals surface area contributed by atoms with Crippen LogP contribution in [0.2, 0.25) is 0 Å². The minimum absolute atomic E-state index is 0. The van der Waals surface area contributed by atoms with Crippen LogP contribution in [0.4, 0.5) is 20.2 Å². The predicted octanol–water partition coefficient (Wildman–Crippen LogP) is 1.72. The molecule has 0 radical (unpaired) electrons. The first kappa shape index (κ1) is 43.5. The summed E-state index contributed by atoms with van der Waals surface area (Å²) in [4.78, 5) is 56.1. The zero-order chi connectivity index (χ0) is 36.8. The molecule has 14 nitrogen and oxygen atoms in total. The number of rotatable bonds is 8. The SMILES string of the molecule is CCN1CCN(c2cc3c(cc2F)c(=O)c(C(=O)[O-])cn3C2CC2)CC1.CCN1CCN(c2cc3c(cc2F)c(=O)c(C(=O)[O-])cn3C2CC2)CC1.[Mo].[O-2].[O-2]. The topological polar surface area (TPSA) is 194 Å². The number of anilines is 2. The van der Waals surface area contributed by atoms with Gasteiger partial charge in [-0.3, -0.25) is 9.59 Å². The average molecular weight is 845 g/mol. The number of halogens is 2. The van der Waals surface area contributed by atoms with Gasteiger partial charge in [-0.15, -0.1) is 0 Å². The first-order chi connectivity index (χ1) is 25.0. The molecule has 4 heterocycles. The fraction of sp³-hybridized carbons (Fsp3) is 0.474. The summed E-state index contributed by atoms with van der Waals surface area (Å²) in [5, 5.41) is 22.8. The van der Waals surface area contributed by atoms with E-state index in [1.165, 1.54) is 24.5 Å². The van der Waals surface area contributed by atoms with Gasteiger partial charge in [-0.25, -0.2) is 8.78 Å². The smallest absolute Gasteiger partial charge is 0.198 e. The molecule has 2 saturated carbocycles. The Labute approximate surface area is 330 Å². The zero-order valence-electron chi connectivity index (χ0n) is 30.6. The third-order valence-corrected chi connectivity index (χ3v) is 10.8. The van der Waals surface area contributed by atoms with Crippen LogP contribution in [0.15, 0.2) is 46.2 Å². The Morgan fingerprint density at radius 2 is 0.945 bits per heavy atom. The number of carbonyl (C=O) groups is 2. The van der Waals surface area contributed by atoms with Crippen molar-refractivity contribution in [1.29, 1.82) is 0 Å². The number of carboxylic acid groups (broad SMARTS) is 2. The van der Waals surface area contributed by atoms with E-state index in [1.54, 1.807) is 21.3 Å². The van der Waals surface area contributed by atoms with Crippen LogP contribution in [0, 0.1) is 11.6 Å². The van der Waals surface area contributed by atoms with Crippen LogP contribution in [0.3, 0.4) is 0 Å². The van der Waals surface area contributed by atoms with Gasteiger partial charge in [0.25, 0.3) is 0 Å². The molecule has 2 aromatic heterocycles. The van der Waals surface area contributed by atoms with E-state index in [1.807, 2.05) is 9.80 Å². The summed E-state index contributed by atoms with van der Waals surface area (Å²) in [6.07, 6.45) is 6.40. The molecule has 298 valence electrons. The maximum absolute atomic E-state index is 14.8. The van der Waals surface area contributed by atoms with Crippen molar-refractivity contribution in [2.75, 3.05) is 75.2 Å². The first-order valence-electron chi connectivity index (χ1n) is 18.1. The predicted molar refractivity (Wildman–Crippen MR) is 192 cm³/mol. The molecule has 4 aromatic rings. The Kier molecular flexibility index (Phi) is 14.0. The standard InChI is InChI=1S/2C19H22FN3O3.Mo.2O/c2*1-2-21-5-7-22(8-6-21)17-10-16-13(9-15(17)20)18(24)14(19(25)26)11-23(16)12-3-4-12;;;/h2*9-12H,2-8H2,1H3,(H,25,26);;;/q;;;2*-2/p-2. The molecular formula is C38H42F2MoN6O8-6. The Morgan fingerprint density at radius 3 is 1.22 bits per heavy atom. The van der Waals surface area contributed by atoms with Gasteiger partial charge < -0.3 is 59.5 Å². The molecular weight excluding hydrogens is 802 g/mol. The molecule has 0 N–H and O–H groups in total. The van der Waals surface area contributed by atoms with E-state index in [2.05, 4.69) is 23.6 Å². The van der Waals surface area contributed by atoms with Crippen LogP contribution in [0.25, 0.3) is 21.8 Å². The third kappa shape index (κ3) is 8.78. The summed E-state index contributed by atoms with van der Waals surface area (Å²) >= 11 is 0. The Morgan fingerprint density at radius 1 is 0.618 bits per heavy atom. The first-order valence-corrected chi connectivity index (χ1v) is 18.1. The van der Waals surface area contributed by atoms with Crippen LogP contribution in [0.5, 0.6) is 0 Å². The second-order valence-electron chi connectivity index (χ2n) is 14.1. The molecule has 0 amide bonds. The summed E-state index contributed by atoms with van der Waals surface area (Å²) in [6.45, 7) is 12.5. The molecule has 17 heteroatoms. The van der Waals surface area contributed by atoms with Gasteiger partial charge in [0.2, 0.25) is 0 Å². The number of benzene rings is 2. The minimum atomic E-state index is -1.52. The second kappa shape index (κ2) is 17.7. The number of hydrogen-bond acceptors (Lipinski definition) is 10.